The number of alkyl halides is 2. The number of nitrogens with zero attached hydrogens (tertiary/aromatic N) is 2. The van der Waals surface area contributed by atoms with Gasteiger partial charge in [-0.25, -0.2) is 0 Å². The summed E-state index contributed by atoms with van der Waals surface area (Å²) in [6.45, 7) is 0. The van der Waals surface area contributed by atoms with Crippen molar-refractivity contribution in [1.29, 1.82) is 0 Å². The summed E-state index contributed by atoms with van der Waals surface area (Å²) < 4.78 is 5.23. The van der Waals surface area contributed by atoms with Crippen molar-refractivity contribution in [3.8, 4) is 11.5 Å². The molecule has 1 aromatic carbocycles. The zero-order valence-corrected chi connectivity index (χ0v) is 22.8. The number of rotatable bonds is 3. The van der Waals surface area contributed by atoms with Crippen LogP contribution in [0.4, 0.5) is 0 Å². The Morgan fingerprint density at radius 1 is 1.00 bits per heavy atom. The van der Waals surface area contributed by atoms with Crippen LogP contribution in [0.25, 0.3) is 0 Å². The molecule has 202 valence electrons. The van der Waals surface area contributed by atoms with Gasteiger partial charge in [-0.1, -0.05) is 37.0 Å². The Labute approximate surface area is 230 Å². The fourth-order valence-electron chi connectivity index (χ4n) is 7.71. The highest BCUT2D eigenvalue weighted by molar-refractivity contribution is 6.53. The minimum atomic E-state index is -1.92. The van der Waals surface area contributed by atoms with Gasteiger partial charge in [-0.3, -0.25) is 29.0 Å². The van der Waals surface area contributed by atoms with Crippen LogP contribution in [0, 0.1) is 17.8 Å². The number of hydrogen-bond donors (Lipinski definition) is 1. The minimum Gasteiger partial charge on any atom is -0.508 e. The van der Waals surface area contributed by atoms with Crippen LogP contribution in [0.2, 0.25) is 0 Å². The van der Waals surface area contributed by atoms with Crippen molar-refractivity contribution in [3.05, 3.63) is 35.4 Å². The summed E-state index contributed by atoms with van der Waals surface area (Å²) >= 11 is 14.3. The van der Waals surface area contributed by atoms with E-state index in [1.165, 1.54) is 25.1 Å². The maximum atomic E-state index is 14.0. The average molecular weight is 561 g/mol. The van der Waals surface area contributed by atoms with Crippen LogP contribution in [-0.2, 0) is 19.2 Å². The molecule has 0 bridgehead atoms. The van der Waals surface area contributed by atoms with Crippen molar-refractivity contribution < 1.29 is 29.0 Å². The number of fused-ring (bicyclic) bond motifs is 4. The number of carbonyl (C=O) groups excluding carboxylic acids is 4. The normalized spacial score (nSPS) is 37.2. The first-order valence-electron chi connectivity index (χ1n) is 13.2. The quantitative estimate of drug-likeness (QED) is 0.343. The Kier molecular flexibility index (Phi) is 5.89. The number of carbonyl (C=O) groups is 4. The van der Waals surface area contributed by atoms with Crippen LogP contribution in [0.1, 0.15) is 56.4 Å². The van der Waals surface area contributed by atoms with Crippen molar-refractivity contribution in [2.45, 2.75) is 66.7 Å². The number of allylic oxidation sites excluding steroid dienone is 2. The number of phenols is 1. The molecule has 8 nitrogen and oxygen atoms in total. The van der Waals surface area contributed by atoms with E-state index in [2.05, 4.69) is 0 Å². The SMILES string of the molecule is COc1ccc(C2C3=CCC4C(=O)N(C5CCCCC5)C(=O)C4C3CC3(Cl)C(=O)N(C)C(=O)C23Cl)c(O)c1. The van der Waals surface area contributed by atoms with Gasteiger partial charge < -0.3 is 9.84 Å². The summed E-state index contributed by atoms with van der Waals surface area (Å²) in [6, 6.07) is 4.56. The second-order valence-electron chi connectivity index (χ2n) is 11.3. The lowest BCUT2D eigenvalue weighted by atomic mass is 9.56. The van der Waals surface area contributed by atoms with E-state index in [-0.39, 0.29) is 30.0 Å². The fraction of sp³-hybridized carbons (Fsp3) is 0.571. The van der Waals surface area contributed by atoms with Crippen molar-refractivity contribution in [3.63, 3.8) is 0 Å². The smallest absolute Gasteiger partial charge is 0.253 e. The number of methoxy groups -OCH3 is 1. The summed E-state index contributed by atoms with van der Waals surface area (Å²) in [6.07, 6.45) is 6.79. The van der Waals surface area contributed by atoms with E-state index in [9.17, 15) is 24.3 Å². The fourth-order valence-corrected chi connectivity index (χ4v) is 8.72. The van der Waals surface area contributed by atoms with Crippen LogP contribution >= 0.6 is 23.2 Å². The molecule has 5 aliphatic rings. The van der Waals surface area contributed by atoms with E-state index >= 15 is 0 Å². The van der Waals surface area contributed by atoms with Crippen molar-refractivity contribution in [2.24, 2.45) is 17.8 Å². The van der Waals surface area contributed by atoms with Gasteiger partial charge in [0, 0.05) is 30.6 Å². The molecule has 2 saturated carbocycles. The van der Waals surface area contributed by atoms with Crippen molar-refractivity contribution in [1.82, 2.24) is 9.80 Å². The third-order valence-corrected chi connectivity index (χ3v) is 11.0. The van der Waals surface area contributed by atoms with Crippen LogP contribution < -0.4 is 4.74 Å². The largest absolute Gasteiger partial charge is 0.508 e. The van der Waals surface area contributed by atoms with Crippen LogP contribution in [0.3, 0.4) is 0 Å². The van der Waals surface area contributed by atoms with Gasteiger partial charge in [0.1, 0.15) is 11.5 Å². The molecule has 3 aliphatic carbocycles. The van der Waals surface area contributed by atoms with Gasteiger partial charge in [-0.05, 0) is 37.7 Å². The number of benzene rings is 1. The summed E-state index contributed by atoms with van der Waals surface area (Å²) in [5.41, 5.74) is 0.985. The lowest BCUT2D eigenvalue weighted by molar-refractivity contribution is -0.144. The second kappa shape index (κ2) is 8.71. The summed E-state index contributed by atoms with van der Waals surface area (Å²) in [7, 11) is 2.81. The predicted octanol–water partition coefficient (Wildman–Crippen LogP) is 3.72. The first kappa shape index (κ1) is 25.7. The molecule has 38 heavy (non-hydrogen) atoms. The summed E-state index contributed by atoms with van der Waals surface area (Å²) in [4.78, 5) is 53.3. The van der Waals surface area contributed by atoms with E-state index in [1.54, 1.807) is 12.1 Å². The number of phenolic OH excluding ortho intramolecular Hbond substituents is 1. The predicted molar refractivity (Wildman–Crippen MR) is 139 cm³/mol. The number of amides is 4. The molecule has 2 saturated heterocycles. The highest BCUT2D eigenvalue weighted by Gasteiger charge is 2.76. The van der Waals surface area contributed by atoms with Crippen LogP contribution in [0.5, 0.6) is 11.5 Å². The number of halogens is 2. The molecule has 4 fully saturated rings. The number of aromatic hydroxyl groups is 1. The van der Waals surface area contributed by atoms with Gasteiger partial charge in [0.05, 0.1) is 18.9 Å². The van der Waals surface area contributed by atoms with E-state index in [0.29, 0.717) is 23.3 Å². The van der Waals surface area contributed by atoms with Gasteiger partial charge in [0.2, 0.25) is 11.8 Å². The monoisotopic (exact) mass is 560 g/mol. The van der Waals surface area contributed by atoms with Crippen LogP contribution in [-0.4, -0.2) is 68.5 Å². The molecule has 6 rings (SSSR count). The molecule has 1 N–H and O–H groups in total. The van der Waals surface area contributed by atoms with Gasteiger partial charge in [0.15, 0.2) is 9.75 Å². The Hall–Kier alpha value is -2.58. The Balaban J connectivity index is 1.50. The average Bonchev–Trinajstić information content (AvgIpc) is 3.24. The lowest BCUT2D eigenvalue weighted by Gasteiger charge is -2.50. The zero-order valence-electron chi connectivity index (χ0n) is 21.3. The molecule has 4 amide bonds. The van der Waals surface area contributed by atoms with Gasteiger partial charge in [0.25, 0.3) is 11.8 Å². The number of ether oxygens (including phenoxy) is 1. The molecular weight excluding hydrogens is 531 g/mol. The van der Waals surface area contributed by atoms with Gasteiger partial charge in [-0.15, -0.1) is 23.2 Å². The first-order chi connectivity index (χ1) is 18.1. The lowest BCUT2D eigenvalue weighted by Crippen LogP contribution is -2.60. The second-order valence-corrected chi connectivity index (χ2v) is 12.5. The molecule has 0 radical (unpaired) electrons. The van der Waals surface area contributed by atoms with E-state index in [0.717, 1.165) is 37.0 Å². The topological polar surface area (TPSA) is 104 Å². The third kappa shape index (κ3) is 3.16. The molecule has 0 aromatic heterocycles. The molecule has 0 spiro atoms. The number of likely N-dealkylation sites (tertiary alicyclic amines) is 2. The highest BCUT2D eigenvalue weighted by atomic mass is 35.5. The zero-order chi connectivity index (χ0) is 27.1. The minimum absolute atomic E-state index is 0.0507. The Bertz CT molecular complexity index is 1290. The maximum absolute atomic E-state index is 14.0. The highest BCUT2D eigenvalue weighted by Crippen LogP contribution is 2.66. The van der Waals surface area contributed by atoms with Gasteiger partial charge >= 0.3 is 0 Å². The van der Waals surface area contributed by atoms with Crippen molar-refractivity contribution >= 4 is 46.8 Å². The molecule has 10 heteroatoms. The number of hydrogen-bond acceptors (Lipinski definition) is 6. The summed E-state index contributed by atoms with van der Waals surface area (Å²) in [5, 5.41) is 11.0. The molecule has 1 aromatic rings. The standard InChI is InChI=1S/C28H30Cl2N2O6/c1-31-25(36)27(29)13-19-16(22(28(27,30)26(31)37)17-9-8-15(38-2)12-20(17)33)10-11-18-21(19)24(35)32(23(18)34)14-6-4-3-5-7-14/h8-10,12,14,18-19,21-22,33H,3-7,11,13H2,1-2H3. The molecule has 6 unspecified atom stereocenters. The van der Waals surface area contributed by atoms with Crippen molar-refractivity contribution in [2.75, 3.05) is 14.2 Å². The summed E-state index contributed by atoms with van der Waals surface area (Å²) in [5.74, 6) is -4.26. The molecule has 2 heterocycles. The molecule has 2 aliphatic heterocycles. The van der Waals surface area contributed by atoms with Crippen LogP contribution in [0.15, 0.2) is 29.8 Å². The first-order valence-corrected chi connectivity index (χ1v) is 14.0. The van der Waals surface area contributed by atoms with E-state index in [4.69, 9.17) is 27.9 Å². The Morgan fingerprint density at radius 3 is 2.37 bits per heavy atom. The van der Waals surface area contributed by atoms with Gasteiger partial charge in [-0.2, -0.15) is 0 Å². The Morgan fingerprint density at radius 2 is 1.71 bits per heavy atom. The molecule has 6 atom stereocenters. The maximum Gasteiger partial charge on any atom is 0.253 e. The van der Waals surface area contributed by atoms with E-state index in [1.807, 2.05) is 6.08 Å². The van der Waals surface area contributed by atoms with E-state index < -0.39 is 45.2 Å². The molecular formula is C28H30Cl2N2O6. The third-order valence-electron chi connectivity index (χ3n) is 9.54. The number of imide groups is 2.